The van der Waals surface area contributed by atoms with Crippen molar-refractivity contribution >= 4 is 33.4 Å². The number of amides is 2. The van der Waals surface area contributed by atoms with E-state index in [4.69, 9.17) is 5.73 Å². The molecule has 3 rings (SSSR count). The van der Waals surface area contributed by atoms with Crippen molar-refractivity contribution in [1.82, 2.24) is 10.3 Å². The van der Waals surface area contributed by atoms with Crippen LogP contribution in [-0.4, -0.2) is 29.8 Å². The molecule has 5 nitrogen and oxygen atoms in total. The molecule has 6 heteroatoms. The number of urea groups is 1. The Morgan fingerprint density at radius 2 is 2.00 bits per heavy atom. The number of hydrazone groups is 1. The van der Waals surface area contributed by atoms with E-state index in [2.05, 4.69) is 32.4 Å². The lowest BCUT2D eigenvalue weighted by Crippen LogP contribution is -2.41. The molecule has 3 N–H and O–H groups in total. The highest BCUT2D eigenvalue weighted by molar-refractivity contribution is 9.10. The number of hydrogen-bond acceptors (Lipinski definition) is 3. The van der Waals surface area contributed by atoms with Gasteiger partial charge in [0.2, 0.25) is 0 Å². The number of anilines is 1. The highest BCUT2D eigenvalue weighted by atomic mass is 79.9. The zero-order valence-electron chi connectivity index (χ0n) is 13.6. The van der Waals surface area contributed by atoms with Crippen molar-refractivity contribution in [2.45, 2.75) is 19.4 Å². The fourth-order valence-corrected chi connectivity index (χ4v) is 3.19. The molecule has 0 saturated heterocycles. The molecule has 0 aromatic heterocycles. The fraction of sp³-hybridized carbons (Fsp3) is 0.222. The lowest BCUT2D eigenvalue weighted by Gasteiger charge is -2.22. The molecule has 0 fully saturated rings. The minimum atomic E-state index is -0.220. The average molecular weight is 387 g/mol. The molecule has 1 aliphatic rings. The molecule has 2 aromatic rings. The maximum absolute atomic E-state index is 12.3. The van der Waals surface area contributed by atoms with Gasteiger partial charge in [0.1, 0.15) is 0 Å². The molecule has 0 spiro atoms. The second-order valence-corrected chi connectivity index (χ2v) is 6.74. The van der Waals surface area contributed by atoms with Gasteiger partial charge in [0, 0.05) is 28.3 Å². The molecule has 124 valence electrons. The summed E-state index contributed by atoms with van der Waals surface area (Å²) in [6.07, 6.45) is 0.734. The summed E-state index contributed by atoms with van der Waals surface area (Å²) in [6, 6.07) is 13.4. The molecule has 2 amide bonds. The van der Waals surface area contributed by atoms with Crippen molar-refractivity contribution in [3.05, 3.63) is 63.6 Å². The normalized spacial score (nSPS) is 16.9. The van der Waals surface area contributed by atoms with Crippen molar-refractivity contribution in [3.63, 3.8) is 0 Å². The number of carbonyl (C=O) groups is 1. The Kier molecular flexibility index (Phi) is 4.57. The number of nitrogens with zero attached hydrogens (tertiary/aromatic N) is 2. The number of benzene rings is 2. The summed E-state index contributed by atoms with van der Waals surface area (Å²) in [4.78, 5) is 12.3. The number of fused-ring (bicyclic) bond motifs is 1. The smallest absolute Gasteiger partial charge is 0.337 e. The third-order valence-corrected chi connectivity index (χ3v) is 4.57. The van der Waals surface area contributed by atoms with E-state index in [9.17, 15) is 4.79 Å². The second-order valence-electron chi connectivity index (χ2n) is 5.82. The molecule has 0 aliphatic carbocycles. The predicted molar refractivity (Wildman–Crippen MR) is 100 cm³/mol. The number of carbonyl (C=O) groups excluding carboxylic acids is 1. The van der Waals surface area contributed by atoms with Crippen LogP contribution in [0.5, 0.6) is 0 Å². The van der Waals surface area contributed by atoms with Crippen LogP contribution in [0, 0.1) is 0 Å². The summed E-state index contributed by atoms with van der Waals surface area (Å²) < 4.78 is 0.977. The maximum atomic E-state index is 12.3. The quantitative estimate of drug-likeness (QED) is 0.737. The molecule has 0 radical (unpaired) electrons. The molecule has 0 saturated carbocycles. The summed E-state index contributed by atoms with van der Waals surface area (Å²) >= 11 is 3.53. The first-order valence-electron chi connectivity index (χ1n) is 7.74. The Balaban J connectivity index is 2.20. The van der Waals surface area contributed by atoms with Crippen molar-refractivity contribution < 1.29 is 4.79 Å². The minimum Gasteiger partial charge on any atom is -0.399 e. The number of hydrogen-bond donors (Lipinski definition) is 2. The highest BCUT2D eigenvalue weighted by Gasteiger charge is 2.26. The Morgan fingerprint density at radius 3 is 2.67 bits per heavy atom. The third kappa shape index (κ3) is 3.14. The molecular weight excluding hydrogens is 368 g/mol. The Labute approximate surface area is 149 Å². The van der Waals surface area contributed by atoms with Crippen LogP contribution in [0.15, 0.2) is 52.0 Å². The van der Waals surface area contributed by atoms with Gasteiger partial charge in [-0.2, -0.15) is 5.10 Å². The first-order chi connectivity index (χ1) is 11.5. The lowest BCUT2D eigenvalue weighted by molar-refractivity contribution is 0.184. The highest BCUT2D eigenvalue weighted by Crippen LogP contribution is 2.26. The van der Waals surface area contributed by atoms with Gasteiger partial charge in [-0.1, -0.05) is 34.1 Å². The number of halogens is 1. The van der Waals surface area contributed by atoms with E-state index in [0.29, 0.717) is 5.69 Å². The molecular formula is C18H19BrN4O. The van der Waals surface area contributed by atoms with E-state index in [1.807, 2.05) is 43.3 Å². The predicted octanol–water partition coefficient (Wildman–Crippen LogP) is 3.37. The monoisotopic (exact) mass is 386 g/mol. The van der Waals surface area contributed by atoms with Crippen LogP contribution in [0.25, 0.3) is 0 Å². The van der Waals surface area contributed by atoms with Crippen molar-refractivity contribution in [2.75, 3.05) is 12.8 Å². The minimum absolute atomic E-state index is 0.0452. The third-order valence-electron chi connectivity index (χ3n) is 4.07. The summed E-state index contributed by atoms with van der Waals surface area (Å²) in [5, 5.41) is 8.86. The SMILES string of the molecule is CNC(=O)N1N=C(c2ccc(N)cc2)c2cc(Br)ccc2CC1C. The van der Waals surface area contributed by atoms with Gasteiger partial charge in [0.15, 0.2) is 0 Å². The van der Waals surface area contributed by atoms with Gasteiger partial charge in [-0.05, 0) is 43.2 Å². The molecule has 1 aliphatic heterocycles. The number of nitrogens with two attached hydrogens (primary N) is 1. The lowest BCUT2D eigenvalue weighted by atomic mass is 9.95. The number of nitrogen functional groups attached to an aromatic ring is 1. The van der Waals surface area contributed by atoms with Crippen LogP contribution in [0.1, 0.15) is 23.6 Å². The van der Waals surface area contributed by atoms with Gasteiger partial charge in [-0.15, -0.1) is 0 Å². The zero-order valence-corrected chi connectivity index (χ0v) is 15.2. The van der Waals surface area contributed by atoms with Gasteiger partial charge < -0.3 is 11.1 Å². The fourth-order valence-electron chi connectivity index (χ4n) is 2.83. The first-order valence-corrected chi connectivity index (χ1v) is 8.53. The summed E-state index contributed by atoms with van der Waals surface area (Å²) in [5.74, 6) is 0. The Morgan fingerprint density at radius 1 is 1.29 bits per heavy atom. The first kappa shape index (κ1) is 16.5. The van der Waals surface area contributed by atoms with Gasteiger partial charge in [0.05, 0.1) is 11.8 Å². The van der Waals surface area contributed by atoms with Crippen molar-refractivity contribution in [2.24, 2.45) is 5.10 Å². The zero-order chi connectivity index (χ0) is 17.3. The van der Waals surface area contributed by atoms with E-state index < -0.39 is 0 Å². The maximum Gasteiger partial charge on any atom is 0.337 e. The molecule has 1 unspecified atom stereocenters. The van der Waals surface area contributed by atoms with Crippen LogP contribution in [-0.2, 0) is 6.42 Å². The van der Waals surface area contributed by atoms with Gasteiger partial charge >= 0.3 is 6.03 Å². The molecule has 1 heterocycles. The molecule has 2 aromatic carbocycles. The number of rotatable bonds is 1. The number of nitrogens with one attached hydrogen (secondary N) is 1. The van der Waals surface area contributed by atoms with Crippen LogP contribution in [0.2, 0.25) is 0 Å². The summed E-state index contributed by atoms with van der Waals surface area (Å²) in [7, 11) is 1.61. The largest absolute Gasteiger partial charge is 0.399 e. The van der Waals surface area contributed by atoms with E-state index in [1.165, 1.54) is 5.01 Å². The Hall–Kier alpha value is -2.34. The molecule has 24 heavy (non-hydrogen) atoms. The van der Waals surface area contributed by atoms with E-state index in [-0.39, 0.29) is 12.1 Å². The van der Waals surface area contributed by atoms with Crippen LogP contribution in [0.4, 0.5) is 10.5 Å². The van der Waals surface area contributed by atoms with Gasteiger partial charge in [-0.3, -0.25) is 0 Å². The van der Waals surface area contributed by atoms with Gasteiger partial charge in [-0.25, -0.2) is 9.80 Å². The average Bonchev–Trinajstić information content (AvgIpc) is 2.71. The standard InChI is InChI=1S/C18H19BrN4O/c1-11-9-13-3-6-14(19)10-16(13)17(22-23(11)18(24)21-2)12-4-7-15(20)8-5-12/h3-8,10-11H,9,20H2,1-2H3,(H,21,24). The summed E-state index contributed by atoms with van der Waals surface area (Å²) in [5.41, 5.74) is 10.4. The topological polar surface area (TPSA) is 70.7 Å². The van der Waals surface area contributed by atoms with Crippen molar-refractivity contribution in [1.29, 1.82) is 0 Å². The molecule has 1 atom stereocenters. The van der Waals surface area contributed by atoms with Crippen LogP contribution < -0.4 is 11.1 Å². The molecule has 0 bridgehead atoms. The van der Waals surface area contributed by atoms with E-state index in [0.717, 1.165) is 33.3 Å². The van der Waals surface area contributed by atoms with E-state index in [1.54, 1.807) is 7.05 Å². The van der Waals surface area contributed by atoms with Crippen LogP contribution >= 0.6 is 15.9 Å². The van der Waals surface area contributed by atoms with Gasteiger partial charge in [0.25, 0.3) is 0 Å². The van der Waals surface area contributed by atoms with Crippen molar-refractivity contribution in [3.8, 4) is 0 Å². The van der Waals surface area contributed by atoms with Crippen LogP contribution in [0.3, 0.4) is 0 Å². The summed E-state index contributed by atoms with van der Waals surface area (Å²) in [6.45, 7) is 2.00. The Bertz CT molecular complexity index is 801. The van der Waals surface area contributed by atoms with E-state index >= 15 is 0 Å². The second kappa shape index (κ2) is 6.65.